The highest BCUT2D eigenvalue weighted by Crippen LogP contribution is 2.09. The van der Waals surface area contributed by atoms with E-state index in [9.17, 15) is 33.9 Å². The van der Waals surface area contributed by atoms with Gasteiger partial charge in [0.05, 0.1) is 12.5 Å². The third kappa shape index (κ3) is 12.0. The number of carboxylic acid groups (broad SMARTS) is 2. The first-order valence-corrected chi connectivity index (χ1v) is 11.7. The van der Waals surface area contributed by atoms with Crippen molar-refractivity contribution in [1.82, 2.24) is 16.0 Å². The van der Waals surface area contributed by atoms with Crippen molar-refractivity contribution >= 4 is 35.6 Å². The first kappa shape index (κ1) is 31.0. The molecule has 0 aliphatic carbocycles. The van der Waals surface area contributed by atoms with E-state index in [0.717, 1.165) is 0 Å². The number of nitrogens with two attached hydrogens (primary N) is 2. The topological polar surface area (TPSA) is 231 Å². The van der Waals surface area contributed by atoms with Gasteiger partial charge in [0.15, 0.2) is 0 Å². The van der Waals surface area contributed by atoms with E-state index in [4.69, 9.17) is 16.6 Å². The van der Waals surface area contributed by atoms with Gasteiger partial charge in [-0.2, -0.15) is 0 Å². The van der Waals surface area contributed by atoms with Crippen LogP contribution in [0.1, 0.15) is 45.1 Å². The van der Waals surface area contributed by atoms with Crippen LogP contribution in [0, 0.1) is 5.92 Å². The second kappa shape index (κ2) is 15.2. The van der Waals surface area contributed by atoms with Crippen LogP contribution in [-0.4, -0.2) is 69.9 Å². The second-order valence-corrected chi connectivity index (χ2v) is 9.05. The number of carboxylic acids is 2. The number of hydrogen-bond donors (Lipinski definition) is 7. The average molecular weight is 522 g/mol. The van der Waals surface area contributed by atoms with E-state index in [2.05, 4.69) is 16.0 Å². The minimum Gasteiger partial charge on any atom is -0.481 e. The average Bonchev–Trinajstić information content (AvgIpc) is 2.80. The molecule has 4 amide bonds. The number of carbonyl (C=O) groups excluding carboxylic acids is 4. The highest BCUT2D eigenvalue weighted by Gasteiger charge is 2.31. The Bertz CT molecular complexity index is 969. The molecule has 204 valence electrons. The van der Waals surface area contributed by atoms with Crippen LogP contribution in [0.2, 0.25) is 0 Å². The zero-order valence-electron chi connectivity index (χ0n) is 20.8. The highest BCUT2D eigenvalue weighted by molar-refractivity contribution is 5.96. The number of amides is 4. The molecule has 4 unspecified atom stereocenters. The number of hydrogen-bond acceptors (Lipinski definition) is 7. The van der Waals surface area contributed by atoms with Crippen molar-refractivity contribution in [3.8, 4) is 0 Å². The monoisotopic (exact) mass is 521 g/mol. The summed E-state index contributed by atoms with van der Waals surface area (Å²) in [6.45, 7) is 3.57. The van der Waals surface area contributed by atoms with Gasteiger partial charge in [0.25, 0.3) is 0 Å². The van der Waals surface area contributed by atoms with Gasteiger partial charge in [-0.1, -0.05) is 44.2 Å². The molecule has 9 N–H and O–H groups in total. The molecule has 37 heavy (non-hydrogen) atoms. The minimum atomic E-state index is -1.48. The second-order valence-electron chi connectivity index (χ2n) is 9.05. The largest absolute Gasteiger partial charge is 0.481 e. The van der Waals surface area contributed by atoms with Gasteiger partial charge in [-0.3, -0.25) is 24.0 Å². The lowest BCUT2D eigenvalue weighted by Gasteiger charge is -2.25. The summed E-state index contributed by atoms with van der Waals surface area (Å²) in [5.41, 5.74) is 11.5. The summed E-state index contributed by atoms with van der Waals surface area (Å²) in [5, 5.41) is 25.5. The maximum Gasteiger partial charge on any atom is 0.326 e. The molecule has 13 nitrogen and oxygen atoms in total. The van der Waals surface area contributed by atoms with Crippen molar-refractivity contribution in [3.05, 3.63) is 35.9 Å². The molecule has 0 heterocycles. The van der Waals surface area contributed by atoms with Gasteiger partial charge in [0.2, 0.25) is 23.6 Å². The third-order valence-corrected chi connectivity index (χ3v) is 5.28. The standard InChI is InChI=1S/C24H35N5O8/c1-13(2)10-16(22(34)29-18(24(36)37)11-14-6-4-3-5-7-14)28-23(35)17(12-19(26)30)27-21(33)15(25)8-9-20(31)32/h3-7,13,15-18H,8-12,25H2,1-2H3,(H2,26,30)(H,27,33)(H,28,35)(H,29,34)(H,31,32)(H,36,37). The maximum atomic E-state index is 13.0. The first-order valence-electron chi connectivity index (χ1n) is 11.7. The molecule has 0 aliphatic rings. The van der Waals surface area contributed by atoms with E-state index in [1.807, 2.05) is 0 Å². The molecule has 1 aromatic rings. The molecule has 0 radical (unpaired) electrons. The van der Waals surface area contributed by atoms with Crippen LogP contribution in [0.25, 0.3) is 0 Å². The molecule has 0 spiro atoms. The zero-order valence-corrected chi connectivity index (χ0v) is 20.8. The Morgan fingerprint density at radius 3 is 1.89 bits per heavy atom. The molecular formula is C24H35N5O8. The van der Waals surface area contributed by atoms with Crippen molar-refractivity contribution in [2.24, 2.45) is 17.4 Å². The predicted octanol–water partition coefficient (Wildman–Crippen LogP) is -1.12. The summed E-state index contributed by atoms with van der Waals surface area (Å²) in [6, 6.07) is 3.48. The molecule has 0 saturated heterocycles. The summed E-state index contributed by atoms with van der Waals surface area (Å²) >= 11 is 0. The third-order valence-electron chi connectivity index (χ3n) is 5.28. The molecule has 0 aromatic heterocycles. The van der Waals surface area contributed by atoms with Crippen LogP contribution >= 0.6 is 0 Å². The first-order chi connectivity index (χ1) is 17.3. The summed E-state index contributed by atoms with van der Waals surface area (Å²) < 4.78 is 0. The van der Waals surface area contributed by atoms with Crippen molar-refractivity contribution < 1.29 is 39.0 Å². The number of primary amides is 1. The Labute approximate surface area is 214 Å². The Morgan fingerprint density at radius 1 is 0.838 bits per heavy atom. The van der Waals surface area contributed by atoms with Gasteiger partial charge in [-0.15, -0.1) is 0 Å². The zero-order chi connectivity index (χ0) is 28.1. The van der Waals surface area contributed by atoms with Gasteiger partial charge >= 0.3 is 11.9 Å². The Kier molecular flexibility index (Phi) is 12.7. The molecule has 4 atom stereocenters. The fourth-order valence-electron chi connectivity index (χ4n) is 3.40. The van der Waals surface area contributed by atoms with Crippen molar-refractivity contribution in [1.29, 1.82) is 0 Å². The van der Waals surface area contributed by atoms with Gasteiger partial charge in [-0.05, 0) is 24.3 Å². The van der Waals surface area contributed by atoms with E-state index >= 15 is 0 Å². The lowest BCUT2D eigenvalue weighted by atomic mass is 10.0. The quantitative estimate of drug-likeness (QED) is 0.139. The van der Waals surface area contributed by atoms with Crippen LogP contribution in [0.5, 0.6) is 0 Å². The molecule has 13 heteroatoms. The van der Waals surface area contributed by atoms with Crippen LogP contribution < -0.4 is 27.4 Å². The Balaban J connectivity index is 2.99. The lowest BCUT2D eigenvalue weighted by Crippen LogP contribution is -2.58. The van der Waals surface area contributed by atoms with Crippen LogP contribution in [0.4, 0.5) is 0 Å². The highest BCUT2D eigenvalue weighted by atomic mass is 16.4. The fourth-order valence-corrected chi connectivity index (χ4v) is 3.40. The van der Waals surface area contributed by atoms with Crippen molar-refractivity contribution in [3.63, 3.8) is 0 Å². The van der Waals surface area contributed by atoms with Crippen LogP contribution in [0.3, 0.4) is 0 Å². The molecule has 1 rings (SSSR count). The summed E-state index contributed by atoms with van der Waals surface area (Å²) in [7, 11) is 0. The summed E-state index contributed by atoms with van der Waals surface area (Å²) in [4.78, 5) is 72.3. The molecule has 0 aliphatic heterocycles. The van der Waals surface area contributed by atoms with E-state index in [1.165, 1.54) is 0 Å². The van der Waals surface area contributed by atoms with E-state index in [1.54, 1.807) is 44.2 Å². The number of carbonyl (C=O) groups is 6. The Morgan fingerprint density at radius 2 is 1.38 bits per heavy atom. The number of aliphatic carboxylic acids is 2. The van der Waals surface area contributed by atoms with Gasteiger partial charge in [-0.25, -0.2) is 4.79 Å². The number of rotatable bonds is 16. The summed E-state index contributed by atoms with van der Waals surface area (Å²) in [6.07, 6.45) is -1.05. The SMILES string of the molecule is CC(C)CC(NC(=O)C(CC(N)=O)NC(=O)C(N)CCC(=O)O)C(=O)NC(Cc1ccccc1)C(=O)O. The molecule has 0 bridgehead atoms. The van der Waals surface area contributed by atoms with E-state index in [0.29, 0.717) is 5.56 Å². The fraction of sp³-hybridized carbons (Fsp3) is 0.500. The van der Waals surface area contributed by atoms with Crippen LogP contribution in [0.15, 0.2) is 30.3 Å². The van der Waals surface area contributed by atoms with Gasteiger partial charge in [0.1, 0.15) is 18.1 Å². The van der Waals surface area contributed by atoms with Gasteiger partial charge < -0.3 is 37.6 Å². The maximum absolute atomic E-state index is 13.0. The lowest BCUT2D eigenvalue weighted by molar-refractivity contribution is -0.142. The number of nitrogens with one attached hydrogen (secondary N) is 3. The van der Waals surface area contributed by atoms with E-state index in [-0.39, 0.29) is 31.6 Å². The van der Waals surface area contributed by atoms with Crippen molar-refractivity contribution in [2.75, 3.05) is 0 Å². The summed E-state index contributed by atoms with van der Waals surface area (Å²) in [5.74, 6) is -5.98. The van der Waals surface area contributed by atoms with Crippen LogP contribution in [-0.2, 0) is 35.2 Å². The normalized spacial score (nSPS) is 14.1. The molecule has 0 fully saturated rings. The number of benzene rings is 1. The smallest absolute Gasteiger partial charge is 0.326 e. The van der Waals surface area contributed by atoms with Gasteiger partial charge in [0, 0.05) is 12.8 Å². The van der Waals surface area contributed by atoms with E-state index < -0.39 is 66.2 Å². The molecule has 1 aromatic carbocycles. The molecular weight excluding hydrogens is 486 g/mol. The van der Waals surface area contributed by atoms with Crippen molar-refractivity contribution in [2.45, 2.75) is 70.1 Å². The minimum absolute atomic E-state index is 0.0127. The predicted molar refractivity (Wildman–Crippen MR) is 132 cm³/mol. The molecule has 0 saturated carbocycles. The Hall–Kier alpha value is -4.00.